The maximum absolute atomic E-state index is 11.1. The van der Waals surface area contributed by atoms with Crippen LogP contribution in [0.4, 0.5) is 11.5 Å². The minimum atomic E-state index is -0.546. The van der Waals surface area contributed by atoms with E-state index in [9.17, 15) is 20.6 Å². The second-order valence-corrected chi connectivity index (χ2v) is 7.01. The van der Waals surface area contributed by atoms with Crippen LogP contribution in [0.15, 0.2) is 58.5 Å². The third kappa shape index (κ3) is 3.74. The number of non-ortho nitro benzene ring substituents is 1. The van der Waals surface area contributed by atoms with E-state index in [1.165, 1.54) is 30.0 Å². The molecule has 3 rings (SSSR count). The van der Waals surface area contributed by atoms with Gasteiger partial charge in [0.25, 0.3) is 5.69 Å². The van der Waals surface area contributed by atoms with Gasteiger partial charge >= 0.3 is 0 Å². The van der Waals surface area contributed by atoms with Gasteiger partial charge in [-0.25, -0.2) is 4.98 Å². The summed E-state index contributed by atoms with van der Waals surface area (Å²) in [6.07, 6.45) is 0. The molecule has 3 aromatic rings. The van der Waals surface area contributed by atoms with Crippen molar-refractivity contribution in [3.8, 4) is 23.3 Å². The summed E-state index contributed by atoms with van der Waals surface area (Å²) in [5.74, 6) is -0.0560. The van der Waals surface area contributed by atoms with E-state index in [0.717, 1.165) is 4.90 Å². The third-order valence-corrected chi connectivity index (χ3v) is 5.04. The molecule has 0 aliphatic rings. The Morgan fingerprint density at radius 1 is 1.11 bits per heavy atom. The lowest BCUT2D eigenvalue weighted by atomic mass is 9.96. The Labute approximate surface area is 169 Å². The molecule has 0 bridgehead atoms. The number of nitrogens with zero attached hydrogens (tertiary/aromatic N) is 4. The first-order valence-corrected chi connectivity index (χ1v) is 8.96. The van der Waals surface area contributed by atoms with Crippen LogP contribution in [0.1, 0.15) is 11.1 Å². The van der Waals surface area contributed by atoms with Gasteiger partial charge in [0.2, 0.25) is 0 Å². The molecule has 0 atom stereocenters. The Morgan fingerprint density at radius 2 is 1.79 bits per heavy atom. The van der Waals surface area contributed by atoms with Crippen LogP contribution < -0.4 is 5.73 Å². The molecule has 0 fully saturated rings. The number of nitro benzene ring substituents is 1. The smallest absolute Gasteiger partial charge is 0.270 e. The fourth-order valence-electron chi connectivity index (χ4n) is 2.55. The highest BCUT2D eigenvalue weighted by Gasteiger charge is 2.22. The number of nitrogens with two attached hydrogens (primary N) is 1. The molecule has 28 heavy (non-hydrogen) atoms. The number of nitrogen functional groups attached to an aromatic ring is 1. The largest absolute Gasteiger partial charge is 0.383 e. The molecule has 0 unspecified atom stereocenters. The van der Waals surface area contributed by atoms with E-state index < -0.39 is 4.92 Å². The van der Waals surface area contributed by atoms with E-state index in [1.807, 2.05) is 6.07 Å². The van der Waals surface area contributed by atoms with E-state index in [1.54, 1.807) is 30.3 Å². The van der Waals surface area contributed by atoms with Crippen LogP contribution in [0.5, 0.6) is 0 Å². The van der Waals surface area contributed by atoms with Crippen molar-refractivity contribution in [3.63, 3.8) is 0 Å². The third-order valence-electron chi connectivity index (χ3n) is 3.79. The minimum Gasteiger partial charge on any atom is -0.383 e. The summed E-state index contributed by atoms with van der Waals surface area (Å²) in [4.78, 5) is 15.5. The van der Waals surface area contributed by atoms with Crippen molar-refractivity contribution >= 4 is 34.9 Å². The Hall–Kier alpha value is -3.59. The SMILES string of the molecule is N#Cc1c(N)nc(Sc2ccc(Cl)cc2)c(C#N)c1-c1cccc([N+](=O)[O-])c1. The van der Waals surface area contributed by atoms with Gasteiger partial charge in [-0.05, 0) is 29.8 Å². The molecule has 1 aromatic heterocycles. The molecule has 0 saturated carbocycles. The summed E-state index contributed by atoms with van der Waals surface area (Å²) >= 11 is 7.08. The number of rotatable bonds is 4. The average molecular weight is 408 g/mol. The van der Waals surface area contributed by atoms with Crippen LogP contribution in [0.25, 0.3) is 11.1 Å². The predicted molar refractivity (Wildman–Crippen MR) is 106 cm³/mol. The lowest BCUT2D eigenvalue weighted by molar-refractivity contribution is -0.384. The molecule has 0 saturated heterocycles. The number of aromatic nitrogens is 1. The highest BCUT2D eigenvalue weighted by Crippen LogP contribution is 2.39. The van der Waals surface area contributed by atoms with Gasteiger partial charge in [-0.1, -0.05) is 35.5 Å². The maximum atomic E-state index is 11.1. The molecule has 136 valence electrons. The molecule has 0 amide bonds. The zero-order chi connectivity index (χ0) is 20.3. The zero-order valence-corrected chi connectivity index (χ0v) is 15.7. The Kier molecular flexibility index (Phi) is 5.46. The first-order valence-electron chi connectivity index (χ1n) is 7.76. The standard InChI is InChI=1S/C19H10ClN5O2S/c20-12-4-6-14(7-5-12)28-19-16(10-22)17(15(9-21)18(23)24-19)11-2-1-3-13(8-11)25(26)27/h1-8H,(H2,23,24). The van der Waals surface area contributed by atoms with Gasteiger partial charge in [-0.15, -0.1) is 0 Å². The molecule has 1 heterocycles. The number of halogens is 1. The quantitative estimate of drug-likeness (QED) is 0.486. The summed E-state index contributed by atoms with van der Waals surface area (Å²) in [5.41, 5.74) is 6.47. The molecule has 9 heteroatoms. The highest BCUT2D eigenvalue weighted by atomic mass is 35.5. The van der Waals surface area contributed by atoms with Crippen LogP contribution in [-0.2, 0) is 0 Å². The minimum absolute atomic E-state index is 0.00231. The van der Waals surface area contributed by atoms with Gasteiger partial charge in [-0.3, -0.25) is 10.1 Å². The molecule has 7 nitrogen and oxygen atoms in total. The number of hydrogen-bond donors (Lipinski definition) is 1. The van der Waals surface area contributed by atoms with Crippen LogP contribution in [-0.4, -0.2) is 9.91 Å². The van der Waals surface area contributed by atoms with Crippen LogP contribution in [0.2, 0.25) is 5.02 Å². The van der Waals surface area contributed by atoms with Crippen molar-refractivity contribution in [1.29, 1.82) is 10.5 Å². The van der Waals surface area contributed by atoms with Gasteiger partial charge < -0.3 is 5.73 Å². The first-order chi connectivity index (χ1) is 13.4. The number of pyridine rings is 1. The summed E-state index contributed by atoms with van der Waals surface area (Å²) < 4.78 is 0. The number of nitro groups is 1. The molecule has 0 aliphatic heterocycles. The average Bonchev–Trinajstić information content (AvgIpc) is 2.69. The fraction of sp³-hybridized carbons (Fsp3) is 0. The Balaban J connectivity index is 2.24. The van der Waals surface area contributed by atoms with Gasteiger partial charge in [0.1, 0.15) is 28.5 Å². The van der Waals surface area contributed by atoms with Gasteiger partial charge in [0, 0.05) is 27.6 Å². The molecular formula is C19H10ClN5O2S. The number of hydrogen-bond acceptors (Lipinski definition) is 7. The van der Waals surface area contributed by atoms with Crippen molar-refractivity contribution in [1.82, 2.24) is 4.98 Å². The van der Waals surface area contributed by atoms with Crippen LogP contribution >= 0.6 is 23.4 Å². The van der Waals surface area contributed by atoms with Crippen molar-refractivity contribution in [2.24, 2.45) is 0 Å². The summed E-state index contributed by atoms with van der Waals surface area (Å²) in [6.45, 7) is 0. The number of anilines is 1. The van der Waals surface area contributed by atoms with Crippen molar-refractivity contribution < 1.29 is 4.92 Å². The zero-order valence-electron chi connectivity index (χ0n) is 14.1. The summed E-state index contributed by atoms with van der Waals surface area (Å²) in [6, 6.07) is 16.6. The summed E-state index contributed by atoms with van der Waals surface area (Å²) in [7, 11) is 0. The second-order valence-electron chi connectivity index (χ2n) is 5.51. The van der Waals surface area contributed by atoms with E-state index >= 15 is 0 Å². The van der Waals surface area contributed by atoms with E-state index in [-0.39, 0.29) is 28.2 Å². The Morgan fingerprint density at radius 3 is 2.39 bits per heavy atom. The Bertz CT molecular complexity index is 1170. The van der Waals surface area contributed by atoms with Crippen LogP contribution in [0.3, 0.4) is 0 Å². The lowest BCUT2D eigenvalue weighted by Gasteiger charge is -2.13. The number of benzene rings is 2. The van der Waals surface area contributed by atoms with Crippen molar-refractivity contribution in [3.05, 3.63) is 74.8 Å². The van der Waals surface area contributed by atoms with Gasteiger partial charge in [0.15, 0.2) is 0 Å². The normalized spacial score (nSPS) is 10.1. The summed E-state index contributed by atoms with van der Waals surface area (Å²) in [5, 5.41) is 31.3. The van der Waals surface area contributed by atoms with Gasteiger partial charge in [0.05, 0.1) is 10.5 Å². The molecular weight excluding hydrogens is 398 g/mol. The molecule has 2 aromatic carbocycles. The topological polar surface area (TPSA) is 130 Å². The molecule has 2 N–H and O–H groups in total. The monoisotopic (exact) mass is 407 g/mol. The maximum Gasteiger partial charge on any atom is 0.270 e. The number of nitriles is 2. The first kappa shape index (κ1) is 19.2. The second kappa shape index (κ2) is 7.97. The van der Waals surface area contributed by atoms with Crippen molar-refractivity contribution in [2.75, 3.05) is 5.73 Å². The van der Waals surface area contributed by atoms with E-state index in [0.29, 0.717) is 15.6 Å². The van der Waals surface area contributed by atoms with Crippen LogP contribution in [0, 0.1) is 32.8 Å². The van der Waals surface area contributed by atoms with Crippen molar-refractivity contribution in [2.45, 2.75) is 9.92 Å². The van der Waals surface area contributed by atoms with E-state index in [4.69, 9.17) is 17.3 Å². The lowest BCUT2D eigenvalue weighted by Crippen LogP contribution is -2.03. The predicted octanol–water partition coefficient (Wildman–Crippen LogP) is 4.79. The van der Waals surface area contributed by atoms with Gasteiger partial charge in [-0.2, -0.15) is 10.5 Å². The molecule has 0 radical (unpaired) electrons. The highest BCUT2D eigenvalue weighted by molar-refractivity contribution is 7.99. The molecule has 0 aliphatic carbocycles. The fourth-order valence-corrected chi connectivity index (χ4v) is 3.57. The van der Waals surface area contributed by atoms with E-state index in [2.05, 4.69) is 11.1 Å². The molecule has 0 spiro atoms.